The number of nitrogens with zero attached hydrogens (tertiary/aromatic N) is 1. The van der Waals surface area contributed by atoms with Crippen LogP contribution in [0.15, 0.2) is 18.2 Å². The first-order chi connectivity index (χ1) is 11.5. The first-order valence-electron chi connectivity index (χ1n) is 7.53. The quantitative estimate of drug-likeness (QED) is 0.374. The van der Waals surface area contributed by atoms with E-state index in [-0.39, 0.29) is 19.8 Å². The number of nitrogens with one attached hydrogen (secondary N) is 1. The number of halogens is 1. The fourth-order valence-corrected chi connectivity index (χ4v) is 4.42. The Morgan fingerprint density at radius 3 is 2.64 bits per heavy atom. The minimum atomic E-state index is -3.71. The summed E-state index contributed by atoms with van der Waals surface area (Å²) < 4.78 is 33.5. The van der Waals surface area contributed by atoms with Gasteiger partial charge in [0.2, 0.25) is 0 Å². The number of benzene rings is 1. The Bertz CT molecular complexity index is 699. The molecule has 9 heteroatoms. The standard InChI is InChI=1S/C15H18N2O4S.CH3.ClH.Ru/c16-12-6-1-2-7-13(12)17-22(19,20)9-11-5-3-4-10-8-21-15(18)14(10)11;;;/h3-5,12-13,16H,1-2,6-9H2;1H3;1H;/q-2;-1;;+4/p-1. The van der Waals surface area contributed by atoms with E-state index in [0.717, 1.165) is 12.8 Å². The number of rotatable bonds is 4. The Labute approximate surface area is 163 Å². The second-order valence-corrected chi connectivity index (χ2v) is 7.48. The van der Waals surface area contributed by atoms with Gasteiger partial charge in [-0.15, -0.1) is 6.04 Å². The van der Waals surface area contributed by atoms with Gasteiger partial charge in [-0.25, -0.2) is 13.2 Å². The molecule has 1 aliphatic carbocycles. The molecule has 2 aliphatic rings. The van der Waals surface area contributed by atoms with Gasteiger partial charge in [-0.1, -0.05) is 43.9 Å². The predicted molar refractivity (Wildman–Crippen MR) is 94.2 cm³/mol. The number of hydrogen-bond donors (Lipinski definition) is 0. The average Bonchev–Trinajstić information content (AvgIpc) is 2.94. The molecule has 2 unspecified atom stereocenters. The molecule has 1 aliphatic heterocycles. The fraction of sp³-hybridized carbons (Fsp3) is 0.500. The van der Waals surface area contributed by atoms with Crippen LogP contribution in [-0.2, 0) is 44.4 Å². The molecular weight excluding hydrogens is 453 g/mol. The monoisotopic (exact) mass is 474 g/mol. The molecule has 1 N–H and O–H groups in total. The summed E-state index contributed by atoms with van der Waals surface area (Å²) in [5.41, 5.74) is 9.41. The summed E-state index contributed by atoms with van der Waals surface area (Å²) in [5.74, 6) is -0.786. The molecule has 0 aromatic heterocycles. The first-order valence-corrected chi connectivity index (χ1v) is 11.4. The summed E-state index contributed by atoms with van der Waals surface area (Å²) in [4.78, 5) is 11.7. The second-order valence-electron chi connectivity index (χ2n) is 5.82. The molecular formula is C16H21ClN2O4RuS. The Morgan fingerprint density at radius 2 is 1.96 bits per heavy atom. The zero-order valence-electron chi connectivity index (χ0n) is 13.8. The third kappa shape index (κ3) is 5.73. The Balaban J connectivity index is 0.00000101. The summed E-state index contributed by atoms with van der Waals surface area (Å²) in [6, 6.07) is 4.20. The van der Waals surface area contributed by atoms with Crippen LogP contribution in [0.4, 0.5) is 0 Å². The summed E-state index contributed by atoms with van der Waals surface area (Å²) in [6.45, 7) is 0.191. The molecule has 0 spiro atoms. The molecule has 0 bridgehead atoms. The van der Waals surface area contributed by atoms with E-state index in [1.165, 1.54) is 0 Å². The molecule has 6 nitrogen and oxygen atoms in total. The summed E-state index contributed by atoms with van der Waals surface area (Å²) >= 11 is 1.82. The van der Waals surface area contributed by atoms with Gasteiger partial charge < -0.3 is 22.6 Å². The van der Waals surface area contributed by atoms with Gasteiger partial charge in [-0.05, 0) is 5.56 Å². The van der Waals surface area contributed by atoms with E-state index in [1.54, 1.807) is 18.2 Å². The molecule has 140 valence electrons. The van der Waals surface area contributed by atoms with Gasteiger partial charge in [0.1, 0.15) is 6.61 Å². The van der Waals surface area contributed by atoms with Crippen LogP contribution in [0, 0.1) is 7.43 Å². The largest absolute Gasteiger partial charge is 0.676 e. The van der Waals surface area contributed by atoms with Crippen LogP contribution in [0.5, 0.6) is 0 Å². The maximum Gasteiger partial charge on any atom is 0.339 e. The number of sulfonamides is 1. The van der Waals surface area contributed by atoms with Crippen molar-refractivity contribution in [2.75, 3.05) is 0 Å². The van der Waals surface area contributed by atoms with E-state index < -0.39 is 28.1 Å². The maximum absolute atomic E-state index is 12.3. The van der Waals surface area contributed by atoms with Crippen molar-refractivity contribution in [2.24, 2.45) is 0 Å². The van der Waals surface area contributed by atoms with Crippen molar-refractivity contribution in [1.29, 1.82) is 0 Å². The third-order valence-electron chi connectivity index (χ3n) is 4.16. The van der Waals surface area contributed by atoms with Crippen molar-refractivity contribution in [3.63, 3.8) is 0 Å². The molecule has 3 rings (SSSR count). The van der Waals surface area contributed by atoms with E-state index in [2.05, 4.69) is 14.4 Å². The first kappa shape index (κ1) is 22.5. The van der Waals surface area contributed by atoms with Gasteiger partial charge in [-0.2, -0.15) is 6.04 Å². The topological polar surface area (TPSA) is 98.3 Å². The van der Waals surface area contributed by atoms with E-state index in [9.17, 15) is 13.2 Å². The minimum absolute atomic E-state index is 0. The molecule has 0 amide bonds. The number of carbonyl (C=O) groups is 1. The minimum Gasteiger partial charge on any atom is -0.676 e. The van der Waals surface area contributed by atoms with Crippen LogP contribution in [0.25, 0.3) is 10.5 Å². The normalized spacial score (nSPS) is 22.1. The maximum atomic E-state index is 12.3. The van der Waals surface area contributed by atoms with E-state index in [0.29, 0.717) is 29.5 Å². The van der Waals surface area contributed by atoms with Gasteiger partial charge in [0.05, 0.1) is 21.3 Å². The average molecular weight is 474 g/mol. The summed E-state index contributed by atoms with van der Waals surface area (Å²) in [5, 5.41) is 0. The molecule has 0 saturated heterocycles. The molecule has 1 fully saturated rings. The molecule has 1 heterocycles. The van der Waals surface area contributed by atoms with Crippen LogP contribution < -0.4 is 0 Å². The molecule has 0 radical (unpaired) electrons. The SMILES string of the molecule is [CH3-].[Cl][Ru+3].[NH-]C1CCCCC1[N-]S(=O)(=O)Cc1cccc2c1C(=O)OC2. The second kappa shape index (κ2) is 9.98. The number of cyclic esters (lactones) is 1. The molecule has 2 atom stereocenters. The van der Waals surface area contributed by atoms with Gasteiger partial charge >= 0.3 is 33.0 Å². The number of carbonyl (C=O) groups excluding carboxylic acids is 1. The predicted octanol–water partition coefficient (Wildman–Crippen LogP) is 4.06. The van der Waals surface area contributed by atoms with Crippen molar-refractivity contribution in [1.82, 2.24) is 0 Å². The van der Waals surface area contributed by atoms with Crippen LogP contribution in [-0.4, -0.2) is 26.5 Å². The number of fused-ring (bicyclic) bond motifs is 1. The van der Waals surface area contributed by atoms with Crippen molar-refractivity contribution in [2.45, 2.75) is 50.1 Å². The summed E-state index contributed by atoms with van der Waals surface area (Å²) in [7, 11) is 0.854. The number of esters is 1. The third-order valence-corrected chi connectivity index (χ3v) is 5.43. The van der Waals surface area contributed by atoms with E-state index in [4.69, 9.17) is 10.5 Å². The van der Waals surface area contributed by atoms with Gasteiger partial charge in [0, 0.05) is 5.56 Å². The molecule has 1 aromatic carbocycles. The fourth-order valence-electron chi connectivity index (χ4n) is 3.05. The molecule has 1 saturated carbocycles. The van der Waals surface area contributed by atoms with Crippen LogP contribution >= 0.6 is 9.69 Å². The van der Waals surface area contributed by atoms with Gasteiger partial charge in [0.15, 0.2) is 0 Å². The number of hydrogen-bond acceptors (Lipinski definition) is 4. The van der Waals surface area contributed by atoms with E-state index in [1.807, 2.05) is 17.3 Å². The Morgan fingerprint density at radius 1 is 1.28 bits per heavy atom. The smallest absolute Gasteiger partial charge is 0.339 e. The molecule has 25 heavy (non-hydrogen) atoms. The van der Waals surface area contributed by atoms with Crippen LogP contribution in [0.1, 0.15) is 47.2 Å². The zero-order valence-corrected chi connectivity index (χ0v) is 17.2. The number of ether oxygens (including phenoxy) is 1. The Hall–Kier alpha value is -0.527. The van der Waals surface area contributed by atoms with Crippen molar-refractivity contribution in [3.05, 3.63) is 52.8 Å². The van der Waals surface area contributed by atoms with Crippen molar-refractivity contribution >= 4 is 25.7 Å². The zero-order chi connectivity index (χ0) is 17.7. The van der Waals surface area contributed by atoms with Crippen molar-refractivity contribution in [3.8, 4) is 0 Å². The van der Waals surface area contributed by atoms with Gasteiger partial charge in [-0.3, -0.25) is 0 Å². The summed E-state index contributed by atoms with van der Waals surface area (Å²) in [6.07, 6.45) is 3.20. The van der Waals surface area contributed by atoms with Crippen molar-refractivity contribution < 1.29 is 35.3 Å². The van der Waals surface area contributed by atoms with E-state index >= 15 is 0 Å². The molecule has 1 aromatic rings. The Kier molecular flexibility index (Phi) is 8.98. The van der Waals surface area contributed by atoms with Crippen LogP contribution in [0.3, 0.4) is 0 Å². The van der Waals surface area contributed by atoms with Gasteiger partial charge in [0.25, 0.3) is 0 Å². The van der Waals surface area contributed by atoms with Crippen LogP contribution in [0.2, 0.25) is 0 Å².